The van der Waals surface area contributed by atoms with Crippen LogP contribution in [0.4, 0.5) is 14.9 Å². The molecular formula is C27H24FN5O4S. The van der Waals surface area contributed by atoms with E-state index < -0.39 is 18.0 Å². The molecule has 3 aromatic heterocycles. The van der Waals surface area contributed by atoms with E-state index in [0.29, 0.717) is 33.1 Å². The molecule has 0 aliphatic heterocycles. The first-order valence-corrected chi connectivity index (χ1v) is 12.6. The van der Waals surface area contributed by atoms with Crippen molar-refractivity contribution in [1.29, 1.82) is 0 Å². The molecular weight excluding hydrogens is 509 g/mol. The first kappa shape index (κ1) is 25.3. The van der Waals surface area contributed by atoms with E-state index in [1.54, 1.807) is 38.4 Å². The third kappa shape index (κ3) is 5.47. The van der Waals surface area contributed by atoms with Gasteiger partial charge in [-0.05, 0) is 50.6 Å². The fraction of sp³-hybridized carbons (Fsp3) is 0.222. The minimum absolute atomic E-state index is 0.0468. The van der Waals surface area contributed by atoms with Crippen LogP contribution in [0.25, 0.3) is 31.8 Å². The molecule has 38 heavy (non-hydrogen) atoms. The molecule has 11 heteroatoms. The Morgan fingerprint density at radius 3 is 2.68 bits per heavy atom. The van der Waals surface area contributed by atoms with E-state index in [4.69, 9.17) is 14.2 Å². The Kier molecular flexibility index (Phi) is 7.01. The summed E-state index contributed by atoms with van der Waals surface area (Å²) in [4.78, 5) is 29.8. The Balaban J connectivity index is 1.32. The van der Waals surface area contributed by atoms with Gasteiger partial charge in [0.15, 0.2) is 11.6 Å². The molecule has 2 aromatic carbocycles. The van der Waals surface area contributed by atoms with Crippen molar-refractivity contribution in [3.8, 4) is 22.2 Å². The van der Waals surface area contributed by atoms with E-state index in [-0.39, 0.29) is 12.4 Å². The van der Waals surface area contributed by atoms with Crippen LogP contribution in [0.3, 0.4) is 0 Å². The number of hydrogen-bond acceptors (Lipinski definition) is 9. The fourth-order valence-electron chi connectivity index (χ4n) is 3.78. The Labute approximate surface area is 221 Å². The number of pyridine rings is 1. The van der Waals surface area contributed by atoms with Gasteiger partial charge in [-0.2, -0.15) is 0 Å². The first-order chi connectivity index (χ1) is 18.3. The van der Waals surface area contributed by atoms with Crippen LogP contribution in [0.2, 0.25) is 0 Å². The zero-order valence-corrected chi connectivity index (χ0v) is 21.9. The van der Waals surface area contributed by atoms with Crippen molar-refractivity contribution in [2.24, 2.45) is 0 Å². The van der Waals surface area contributed by atoms with E-state index >= 15 is 0 Å². The molecule has 1 atom stereocenters. The second-order valence-electron chi connectivity index (χ2n) is 8.70. The number of halogens is 1. The molecule has 0 saturated heterocycles. The van der Waals surface area contributed by atoms with Gasteiger partial charge in [0.1, 0.15) is 17.7 Å². The summed E-state index contributed by atoms with van der Waals surface area (Å²) in [6.07, 6.45) is 1.84. The quantitative estimate of drug-likeness (QED) is 0.268. The zero-order valence-electron chi connectivity index (χ0n) is 21.1. The molecule has 5 aromatic rings. The van der Waals surface area contributed by atoms with E-state index in [0.717, 1.165) is 21.5 Å². The zero-order chi connectivity index (χ0) is 26.8. The van der Waals surface area contributed by atoms with Crippen LogP contribution in [0.1, 0.15) is 18.2 Å². The van der Waals surface area contributed by atoms with Gasteiger partial charge in [0.25, 0.3) is 0 Å². The Hall–Kier alpha value is -4.38. The van der Waals surface area contributed by atoms with Crippen LogP contribution >= 0.6 is 11.3 Å². The maximum Gasteiger partial charge on any atom is 0.411 e. The Morgan fingerprint density at radius 2 is 1.92 bits per heavy atom. The van der Waals surface area contributed by atoms with E-state index in [1.807, 2.05) is 26.0 Å². The van der Waals surface area contributed by atoms with Crippen molar-refractivity contribution in [2.75, 3.05) is 19.0 Å². The second-order valence-corrected chi connectivity index (χ2v) is 9.73. The molecule has 1 N–H and O–H groups in total. The third-order valence-corrected chi connectivity index (χ3v) is 6.64. The highest BCUT2D eigenvalue weighted by Gasteiger charge is 2.17. The van der Waals surface area contributed by atoms with Crippen molar-refractivity contribution in [3.05, 3.63) is 65.9 Å². The largest absolute Gasteiger partial charge is 0.484 e. The topological polar surface area (TPSA) is 108 Å². The molecule has 0 fully saturated rings. The lowest BCUT2D eigenvalue weighted by Crippen LogP contribution is -2.24. The van der Waals surface area contributed by atoms with Gasteiger partial charge in [-0.25, -0.2) is 24.1 Å². The fourth-order valence-corrected chi connectivity index (χ4v) is 4.78. The number of hydrogen-bond donors (Lipinski definition) is 1. The summed E-state index contributed by atoms with van der Waals surface area (Å²) in [7, 11) is 1.54. The highest BCUT2D eigenvalue weighted by molar-refractivity contribution is 7.21. The van der Waals surface area contributed by atoms with Crippen molar-refractivity contribution in [2.45, 2.75) is 26.9 Å². The monoisotopic (exact) mass is 533 g/mol. The number of fused-ring (bicyclic) bond motifs is 2. The number of carbonyl (C=O) groups excluding carboxylic acids is 1. The summed E-state index contributed by atoms with van der Waals surface area (Å²) in [6.45, 7) is 5.42. The predicted octanol–water partition coefficient (Wildman–Crippen LogP) is 6.08. The lowest BCUT2D eigenvalue weighted by atomic mass is 10.1. The first-order valence-electron chi connectivity index (χ1n) is 11.7. The van der Waals surface area contributed by atoms with Gasteiger partial charge in [0, 0.05) is 23.4 Å². The average Bonchev–Trinajstić information content (AvgIpc) is 3.30. The molecule has 0 bridgehead atoms. The average molecular weight is 534 g/mol. The minimum Gasteiger partial charge on any atom is -0.484 e. The summed E-state index contributed by atoms with van der Waals surface area (Å²) < 4.78 is 31.8. The number of carbonyl (C=O) groups is 1. The van der Waals surface area contributed by atoms with Crippen LogP contribution in [0.15, 0.2) is 48.8 Å². The van der Waals surface area contributed by atoms with Crippen molar-refractivity contribution >= 4 is 44.4 Å². The van der Waals surface area contributed by atoms with Crippen LogP contribution < -0.4 is 14.8 Å². The van der Waals surface area contributed by atoms with Crippen LogP contribution in [0.5, 0.6) is 11.6 Å². The van der Waals surface area contributed by atoms with E-state index in [1.165, 1.54) is 23.6 Å². The molecule has 0 spiro atoms. The molecule has 0 aliphatic rings. The van der Waals surface area contributed by atoms with Crippen molar-refractivity contribution in [3.63, 3.8) is 0 Å². The van der Waals surface area contributed by atoms with Crippen LogP contribution in [-0.4, -0.2) is 45.8 Å². The minimum atomic E-state index is -0.653. The van der Waals surface area contributed by atoms with Crippen LogP contribution in [-0.2, 0) is 4.74 Å². The van der Waals surface area contributed by atoms with Crippen molar-refractivity contribution in [1.82, 2.24) is 19.9 Å². The Bertz CT molecular complexity index is 1640. The van der Waals surface area contributed by atoms with E-state index in [2.05, 4.69) is 25.3 Å². The highest BCUT2D eigenvalue weighted by atomic mass is 32.1. The van der Waals surface area contributed by atoms with Crippen molar-refractivity contribution < 1.29 is 23.4 Å². The predicted molar refractivity (Wildman–Crippen MR) is 143 cm³/mol. The summed E-state index contributed by atoms with van der Waals surface area (Å²) in [6, 6.07) is 10.3. The lowest BCUT2D eigenvalue weighted by Gasteiger charge is -2.15. The van der Waals surface area contributed by atoms with Gasteiger partial charge >= 0.3 is 6.09 Å². The second kappa shape index (κ2) is 10.5. The SMILES string of the molecule is COc1cnc2c(-c3nc4cc(F)c(O[C@@H](C)COC(=O)Nc5ccc(C)nc5)cc4s3)cc(C)cc2n1. The van der Waals surface area contributed by atoms with Gasteiger partial charge in [0.2, 0.25) is 5.88 Å². The van der Waals surface area contributed by atoms with Gasteiger partial charge < -0.3 is 14.2 Å². The van der Waals surface area contributed by atoms with Gasteiger partial charge in [-0.1, -0.05) is 0 Å². The van der Waals surface area contributed by atoms with Gasteiger partial charge in [-0.3, -0.25) is 10.3 Å². The number of nitrogens with zero attached hydrogens (tertiary/aromatic N) is 4. The summed E-state index contributed by atoms with van der Waals surface area (Å²) in [5.74, 6) is -0.0921. The normalized spacial score (nSPS) is 11.9. The third-order valence-electron chi connectivity index (χ3n) is 5.59. The number of rotatable bonds is 7. The Morgan fingerprint density at radius 1 is 1.08 bits per heavy atom. The number of ether oxygens (including phenoxy) is 3. The molecule has 9 nitrogen and oxygen atoms in total. The lowest BCUT2D eigenvalue weighted by molar-refractivity contribution is 0.0969. The number of anilines is 1. The standard InChI is InChI=1S/C27H24FN5O4S/c1-14-7-18(25-21(8-14)32-24(35-4)12-30-25)26-33-20-9-19(28)22(10-23(20)38-26)37-16(3)13-36-27(34)31-17-6-5-15(2)29-11-17/h5-12,16H,13H2,1-4H3,(H,31,34)/t16-/m0/s1. The highest BCUT2D eigenvalue weighted by Crippen LogP contribution is 2.37. The summed E-state index contributed by atoms with van der Waals surface area (Å²) in [5, 5.41) is 3.27. The maximum absolute atomic E-state index is 14.9. The smallest absolute Gasteiger partial charge is 0.411 e. The van der Waals surface area contributed by atoms with Gasteiger partial charge in [-0.15, -0.1) is 11.3 Å². The molecule has 0 saturated carbocycles. The molecule has 3 heterocycles. The summed E-state index contributed by atoms with van der Waals surface area (Å²) >= 11 is 1.40. The molecule has 5 rings (SSSR count). The number of aromatic nitrogens is 4. The van der Waals surface area contributed by atoms with Gasteiger partial charge in [0.05, 0.1) is 46.4 Å². The molecule has 0 radical (unpaired) electrons. The van der Waals surface area contributed by atoms with Crippen LogP contribution in [0, 0.1) is 19.7 Å². The number of benzene rings is 2. The molecule has 1 amide bonds. The van der Waals surface area contributed by atoms with E-state index in [9.17, 15) is 9.18 Å². The number of methoxy groups -OCH3 is 1. The molecule has 194 valence electrons. The number of aryl methyl sites for hydroxylation is 2. The molecule has 0 unspecified atom stereocenters. The number of nitrogens with one attached hydrogen (secondary N) is 1. The maximum atomic E-state index is 14.9. The molecule has 0 aliphatic carbocycles. The number of amides is 1. The summed E-state index contributed by atoms with van der Waals surface area (Å²) in [5.41, 5.74) is 5.00. The number of thiazole rings is 1.